The molecule has 2 heterocycles. The first-order valence-electron chi connectivity index (χ1n) is 7.79. The number of nitrogens with zero attached hydrogens (tertiary/aromatic N) is 4. The maximum atomic E-state index is 13.0. The number of rotatable bonds is 5. The molecule has 1 aliphatic heterocycles. The molecule has 1 aliphatic rings. The molecule has 0 spiro atoms. The Morgan fingerprint density at radius 1 is 1.04 bits per heavy atom. The summed E-state index contributed by atoms with van der Waals surface area (Å²) in [5.41, 5.74) is 0. The van der Waals surface area contributed by atoms with E-state index in [4.69, 9.17) is 9.47 Å². The monoisotopic (exact) mass is 364 g/mol. The van der Waals surface area contributed by atoms with E-state index in [1.165, 1.54) is 24.6 Å². The van der Waals surface area contributed by atoms with Gasteiger partial charge in [-0.3, -0.25) is 4.98 Å². The van der Waals surface area contributed by atoms with Gasteiger partial charge in [0.2, 0.25) is 10.0 Å². The highest BCUT2D eigenvalue weighted by Crippen LogP contribution is 2.31. The van der Waals surface area contributed by atoms with Crippen LogP contribution in [-0.2, 0) is 10.0 Å². The van der Waals surface area contributed by atoms with Crippen LogP contribution in [0.1, 0.15) is 0 Å². The van der Waals surface area contributed by atoms with E-state index in [9.17, 15) is 8.42 Å². The van der Waals surface area contributed by atoms with Crippen LogP contribution < -0.4 is 14.4 Å². The molecule has 0 aliphatic carbocycles. The first kappa shape index (κ1) is 17.4. The SMILES string of the molecule is COc1ccc(OC)c(S(=O)(=O)N2CCN(c3cnccn3)CC2)c1. The first-order valence-corrected chi connectivity index (χ1v) is 9.23. The number of anilines is 1. The summed E-state index contributed by atoms with van der Waals surface area (Å²) in [5.74, 6) is 1.52. The van der Waals surface area contributed by atoms with Crippen LogP contribution in [0.2, 0.25) is 0 Å². The number of piperazine rings is 1. The van der Waals surface area contributed by atoms with Crippen molar-refractivity contribution in [3.63, 3.8) is 0 Å². The second-order valence-electron chi connectivity index (χ2n) is 5.47. The lowest BCUT2D eigenvalue weighted by Crippen LogP contribution is -2.49. The van der Waals surface area contributed by atoms with E-state index in [-0.39, 0.29) is 4.90 Å². The number of hydrogen-bond acceptors (Lipinski definition) is 7. The standard InChI is InChI=1S/C16H20N4O4S/c1-23-13-3-4-14(24-2)15(11-13)25(21,22)20-9-7-19(8-10-20)16-12-17-5-6-18-16/h3-6,11-12H,7-10H2,1-2H3. The van der Waals surface area contributed by atoms with Crippen LogP contribution in [0.3, 0.4) is 0 Å². The van der Waals surface area contributed by atoms with Crippen molar-refractivity contribution in [3.05, 3.63) is 36.8 Å². The van der Waals surface area contributed by atoms with Crippen LogP contribution >= 0.6 is 0 Å². The van der Waals surface area contributed by atoms with Crippen molar-refractivity contribution < 1.29 is 17.9 Å². The average molecular weight is 364 g/mol. The second kappa shape index (κ2) is 7.24. The van der Waals surface area contributed by atoms with Gasteiger partial charge in [-0.25, -0.2) is 13.4 Å². The van der Waals surface area contributed by atoms with Crippen molar-refractivity contribution in [2.24, 2.45) is 0 Å². The Morgan fingerprint density at radius 2 is 1.80 bits per heavy atom. The normalized spacial score (nSPS) is 15.8. The fraction of sp³-hybridized carbons (Fsp3) is 0.375. The minimum absolute atomic E-state index is 0.113. The zero-order valence-corrected chi connectivity index (χ0v) is 14.9. The Kier molecular flexibility index (Phi) is 5.05. The van der Waals surface area contributed by atoms with E-state index >= 15 is 0 Å². The fourth-order valence-corrected chi connectivity index (χ4v) is 4.33. The van der Waals surface area contributed by atoms with Crippen LogP contribution in [-0.4, -0.2) is 63.1 Å². The molecule has 3 rings (SSSR count). The van der Waals surface area contributed by atoms with Gasteiger partial charge in [-0.1, -0.05) is 0 Å². The van der Waals surface area contributed by atoms with Crippen LogP contribution in [0.5, 0.6) is 11.5 Å². The molecule has 0 atom stereocenters. The van der Waals surface area contributed by atoms with Crippen molar-refractivity contribution in [2.45, 2.75) is 4.90 Å². The minimum atomic E-state index is -3.68. The Morgan fingerprint density at radius 3 is 2.40 bits per heavy atom. The van der Waals surface area contributed by atoms with Gasteiger partial charge in [0.05, 0.1) is 20.4 Å². The molecule has 9 heteroatoms. The summed E-state index contributed by atoms with van der Waals surface area (Å²) in [4.78, 5) is 10.4. The van der Waals surface area contributed by atoms with Gasteiger partial charge in [-0.15, -0.1) is 0 Å². The largest absolute Gasteiger partial charge is 0.497 e. The van der Waals surface area contributed by atoms with E-state index in [1.807, 2.05) is 4.90 Å². The molecule has 1 saturated heterocycles. The number of ether oxygens (including phenoxy) is 2. The predicted octanol–water partition coefficient (Wildman–Crippen LogP) is 1.00. The van der Waals surface area contributed by atoms with Gasteiger partial charge in [0.1, 0.15) is 22.2 Å². The molecule has 1 aromatic heterocycles. The van der Waals surface area contributed by atoms with E-state index < -0.39 is 10.0 Å². The second-order valence-corrected chi connectivity index (χ2v) is 7.38. The van der Waals surface area contributed by atoms with Crippen LogP contribution in [0.4, 0.5) is 5.82 Å². The molecule has 1 fully saturated rings. The quantitative estimate of drug-likeness (QED) is 0.782. The summed E-state index contributed by atoms with van der Waals surface area (Å²) in [6.45, 7) is 1.81. The summed E-state index contributed by atoms with van der Waals surface area (Å²) < 4.78 is 37.9. The lowest BCUT2D eigenvalue weighted by molar-refractivity contribution is 0.370. The molecule has 1 aromatic carbocycles. The number of hydrogen-bond donors (Lipinski definition) is 0. The topological polar surface area (TPSA) is 84.9 Å². The smallest absolute Gasteiger partial charge is 0.247 e. The van der Waals surface area contributed by atoms with E-state index in [0.29, 0.717) is 37.7 Å². The number of sulfonamides is 1. The van der Waals surface area contributed by atoms with Crippen molar-refractivity contribution in [1.82, 2.24) is 14.3 Å². The molecule has 2 aromatic rings. The third kappa shape index (κ3) is 3.52. The molecule has 0 bridgehead atoms. The van der Waals surface area contributed by atoms with Crippen LogP contribution in [0, 0.1) is 0 Å². The third-order valence-electron chi connectivity index (χ3n) is 4.10. The molecule has 134 valence electrons. The van der Waals surface area contributed by atoms with Gasteiger partial charge >= 0.3 is 0 Å². The Balaban J connectivity index is 1.80. The summed E-state index contributed by atoms with van der Waals surface area (Å²) in [6.07, 6.45) is 4.91. The molecular formula is C16H20N4O4S. The zero-order valence-electron chi connectivity index (χ0n) is 14.1. The van der Waals surface area contributed by atoms with Crippen molar-refractivity contribution in [1.29, 1.82) is 0 Å². The molecule has 0 saturated carbocycles. The molecule has 25 heavy (non-hydrogen) atoms. The number of methoxy groups -OCH3 is 2. The minimum Gasteiger partial charge on any atom is -0.497 e. The summed E-state index contributed by atoms with van der Waals surface area (Å²) in [5, 5.41) is 0. The van der Waals surface area contributed by atoms with Gasteiger partial charge in [0, 0.05) is 44.6 Å². The van der Waals surface area contributed by atoms with Gasteiger partial charge in [0.15, 0.2) is 0 Å². The highest BCUT2D eigenvalue weighted by atomic mass is 32.2. The molecule has 0 unspecified atom stereocenters. The van der Waals surface area contributed by atoms with E-state index in [2.05, 4.69) is 9.97 Å². The molecule has 8 nitrogen and oxygen atoms in total. The zero-order chi connectivity index (χ0) is 17.9. The Labute approximate surface area is 147 Å². The highest BCUT2D eigenvalue weighted by molar-refractivity contribution is 7.89. The number of aromatic nitrogens is 2. The predicted molar refractivity (Wildman–Crippen MR) is 92.5 cm³/mol. The molecular weight excluding hydrogens is 344 g/mol. The van der Waals surface area contributed by atoms with Crippen molar-refractivity contribution in [2.75, 3.05) is 45.3 Å². The summed E-state index contributed by atoms with van der Waals surface area (Å²) >= 11 is 0. The Bertz CT molecular complexity index is 821. The summed E-state index contributed by atoms with van der Waals surface area (Å²) in [7, 11) is -0.728. The third-order valence-corrected chi connectivity index (χ3v) is 6.02. The molecule has 0 N–H and O–H groups in total. The van der Waals surface area contributed by atoms with Crippen LogP contribution in [0.25, 0.3) is 0 Å². The maximum absolute atomic E-state index is 13.0. The van der Waals surface area contributed by atoms with Crippen LogP contribution in [0.15, 0.2) is 41.7 Å². The van der Waals surface area contributed by atoms with Gasteiger partial charge in [0.25, 0.3) is 0 Å². The summed E-state index contributed by atoms with van der Waals surface area (Å²) in [6, 6.07) is 4.76. The van der Waals surface area contributed by atoms with Crippen molar-refractivity contribution >= 4 is 15.8 Å². The lowest BCUT2D eigenvalue weighted by Gasteiger charge is -2.34. The van der Waals surface area contributed by atoms with Crippen molar-refractivity contribution in [3.8, 4) is 11.5 Å². The van der Waals surface area contributed by atoms with E-state index in [0.717, 1.165) is 5.82 Å². The molecule has 0 radical (unpaired) electrons. The highest BCUT2D eigenvalue weighted by Gasteiger charge is 2.31. The fourth-order valence-electron chi connectivity index (χ4n) is 2.74. The first-order chi connectivity index (χ1) is 12.1. The lowest BCUT2D eigenvalue weighted by atomic mass is 10.3. The molecule has 0 amide bonds. The van der Waals surface area contributed by atoms with Gasteiger partial charge in [-0.05, 0) is 12.1 Å². The Hall–Kier alpha value is -2.39. The average Bonchev–Trinajstić information content (AvgIpc) is 2.68. The van der Waals surface area contributed by atoms with E-state index in [1.54, 1.807) is 30.7 Å². The number of benzene rings is 1. The van der Waals surface area contributed by atoms with Gasteiger partial charge in [-0.2, -0.15) is 4.31 Å². The van der Waals surface area contributed by atoms with Gasteiger partial charge < -0.3 is 14.4 Å². The maximum Gasteiger partial charge on any atom is 0.247 e.